The van der Waals surface area contributed by atoms with Crippen LogP contribution in [0.3, 0.4) is 0 Å². The second-order valence-electron chi connectivity index (χ2n) is 2.74. The zero-order chi connectivity index (χ0) is 10.7. The van der Waals surface area contributed by atoms with E-state index < -0.39 is 12.1 Å². The lowest BCUT2D eigenvalue weighted by Gasteiger charge is -2.10. The van der Waals surface area contributed by atoms with E-state index in [2.05, 4.69) is 0 Å². The number of hydrogen-bond donors (Lipinski definition) is 3. The Kier molecular flexibility index (Phi) is 2.93. The molecule has 0 spiro atoms. The first-order chi connectivity index (χ1) is 6.56. The van der Waals surface area contributed by atoms with Crippen LogP contribution >= 0.6 is 0 Å². The van der Waals surface area contributed by atoms with Gasteiger partial charge in [0.1, 0.15) is 5.75 Å². The second kappa shape index (κ2) is 3.97. The van der Waals surface area contributed by atoms with Crippen molar-refractivity contribution in [2.24, 2.45) is 0 Å². The first kappa shape index (κ1) is 10.3. The molecular formula is C9H11NO4. The van der Waals surface area contributed by atoms with Gasteiger partial charge in [0.2, 0.25) is 0 Å². The lowest BCUT2D eigenvalue weighted by molar-refractivity contribution is -0.146. The molecule has 0 aliphatic rings. The Morgan fingerprint density at radius 1 is 1.57 bits per heavy atom. The van der Waals surface area contributed by atoms with Crippen molar-refractivity contribution in [1.82, 2.24) is 0 Å². The third-order valence-corrected chi connectivity index (χ3v) is 1.82. The molecule has 5 heteroatoms. The van der Waals surface area contributed by atoms with Crippen LogP contribution in [0.1, 0.15) is 11.7 Å². The molecule has 0 bridgehead atoms. The molecule has 1 aromatic carbocycles. The van der Waals surface area contributed by atoms with Crippen LogP contribution in [-0.2, 0) is 4.79 Å². The molecule has 1 aromatic rings. The van der Waals surface area contributed by atoms with Crippen molar-refractivity contribution in [2.45, 2.75) is 6.10 Å². The molecule has 0 fully saturated rings. The molecule has 0 saturated carbocycles. The van der Waals surface area contributed by atoms with Gasteiger partial charge in [0.05, 0.1) is 7.11 Å². The molecule has 14 heavy (non-hydrogen) atoms. The molecule has 0 aliphatic heterocycles. The third-order valence-electron chi connectivity index (χ3n) is 1.82. The summed E-state index contributed by atoms with van der Waals surface area (Å²) in [6, 6.07) is 4.47. The van der Waals surface area contributed by atoms with Crippen LogP contribution < -0.4 is 10.5 Å². The van der Waals surface area contributed by atoms with Gasteiger partial charge in [-0.05, 0) is 18.2 Å². The van der Waals surface area contributed by atoms with E-state index >= 15 is 0 Å². The predicted octanol–water partition coefficient (Wildman–Crippen LogP) is 0.395. The van der Waals surface area contributed by atoms with E-state index in [4.69, 9.17) is 15.6 Å². The summed E-state index contributed by atoms with van der Waals surface area (Å²) >= 11 is 0. The highest BCUT2D eigenvalue weighted by atomic mass is 16.5. The Morgan fingerprint density at radius 2 is 2.21 bits per heavy atom. The Labute approximate surface area is 80.7 Å². The van der Waals surface area contributed by atoms with Crippen LogP contribution in [0.25, 0.3) is 0 Å². The molecule has 4 N–H and O–H groups in total. The smallest absolute Gasteiger partial charge is 0.337 e. The molecule has 0 aromatic heterocycles. The van der Waals surface area contributed by atoms with Gasteiger partial charge in [-0.25, -0.2) is 4.79 Å². The van der Waals surface area contributed by atoms with Crippen molar-refractivity contribution in [1.29, 1.82) is 0 Å². The highest BCUT2D eigenvalue weighted by Crippen LogP contribution is 2.25. The Morgan fingerprint density at radius 3 is 2.71 bits per heavy atom. The third kappa shape index (κ3) is 1.94. The van der Waals surface area contributed by atoms with Crippen molar-refractivity contribution in [3.63, 3.8) is 0 Å². The van der Waals surface area contributed by atoms with Gasteiger partial charge in [0.25, 0.3) is 0 Å². The largest absolute Gasteiger partial charge is 0.497 e. The second-order valence-corrected chi connectivity index (χ2v) is 2.74. The van der Waals surface area contributed by atoms with Gasteiger partial charge >= 0.3 is 5.97 Å². The number of carboxylic acid groups (broad SMARTS) is 1. The number of methoxy groups -OCH3 is 1. The highest BCUT2D eigenvalue weighted by Gasteiger charge is 2.19. The minimum Gasteiger partial charge on any atom is -0.497 e. The van der Waals surface area contributed by atoms with E-state index in [1.807, 2.05) is 0 Å². The minimum atomic E-state index is -1.62. The molecule has 1 atom stereocenters. The number of ether oxygens (including phenoxy) is 1. The molecule has 0 heterocycles. The molecule has 76 valence electrons. The van der Waals surface area contributed by atoms with E-state index in [1.165, 1.54) is 19.2 Å². The number of anilines is 1. The van der Waals surface area contributed by atoms with E-state index in [0.29, 0.717) is 5.75 Å². The molecular weight excluding hydrogens is 186 g/mol. The Balaban J connectivity index is 3.11. The molecule has 0 saturated heterocycles. The van der Waals surface area contributed by atoms with Crippen molar-refractivity contribution in [3.8, 4) is 5.75 Å². The minimum absolute atomic E-state index is 0.136. The quantitative estimate of drug-likeness (QED) is 0.610. The maximum atomic E-state index is 10.5. The van der Waals surface area contributed by atoms with E-state index in [0.717, 1.165) is 0 Å². The number of aliphatic hydroxyl groups is 1. The van der Waals surface area contributed by atoms with Gasteiger partial charge in [-0.3, -0.25) is 0 Å². The number of nitrogen functional groups attached to an aromatic ring is 1. The van der Waals surface area contributed by atoms with Crippen LogP contribution in [0.2, 0.25) is 0 Å². The number of nitrogens with two attached hydrogens (primary N) is 1. The number of benzene rings is 1. The zero-order valence-corrected chi connectivity index (χ0v) is 7.60. The van der Waals surface area contributed by atoms with Crippen LogP contribution in [0.5, 0.6) is 5.75 Å². The molecule has 0 amide bonds. The fourth-order valence-corrected chi connectivity index (χ4v) is 1.05. The fraction of sp³-hybridized carbons (Fsp3) is 0.222. The maximum Gasteiger partial charge on any atom is 0.337 e. The maximum absolute atomic E-state index is 10.5. The zero-order valence-electron chi connectivity index (χ0n) is 7.60. The van der Waals surface area contributed by atoms with Crippen LogP contribution in [0.15, 0.2) is 18.2 Å². The van der Waals surface area contributed by atoms with Crippen molar-refractivity contribution in [2.75, 3.05) is 12.8 Å². The van der Waals surface area contributed by atoms with Gasteiger partial charge in [0, 0.05) is 11.3 Å². The number of aliphatic carboxylic acids is 1. The van der Waals surface area contributed by atoms with Crippen LogP contribution in [-0.4, -0.2) is 23.3 Å². The summed E-state index contributed by atoms with van der Waals surface area (Å²) < 4.78 is 4.88. The number of aliphatic hydroxyl groups excluding tert-OH is 1. The summed E-state index contributed by atoms with van der Waals surface area (Å²) in [6.45, 7) is 0. The van der Waals surface area contributed by atoms with E-state index in [-0.39, 0.29) is 11.3 Å². The summed E-state index contributed by atoms with van der Waals surface area (Å²) in [5.74, 6) is -0.889. The van der Waals surface area contributed by atoms with Crippen molar-refractivity contribution in [3.05, 3.63) is 23.8 Å². The first-order valence-corrected chi connectivity index (χ1v) is 3.90. The fourth-order valence-electron chi connectivity index (χ4n) is 1.05. The number of carbonyl (C=O) groups is 1. The number of carboxylic acids is 1. The lowest BCUT2D eigenvalue weighted by atomic mass is 10.1. The number of rotatable bonds is 3. The molecule has 1 rings (SSSR count). The molecule has 0 aliphatic carbocycles. The molecule has 0 radical (unpaired) electrons. The SMILES string of the molecule is COc1ccc(N)c(C(O)C(=O)O)c1. The van der Waals surface area contributed by atoms with E-state index in [1.54, 1.807) is 6.07 Å². The van der Waals surface area contributed by atoms with Gasteiger partial charge in [-0.15, -0.1) is 0 Å². The lowest BCUT2D eigenvalue weighted by Crippen LogP contribution is -2.12. The summed E-state index contributed by atoms with van der Waals surface area (Å²) in [4.78, 5) is 10.5. The molecule has 5 nitrogen and oxygen atoms in total. The van der Waals surface area contributed by atoms with Gasteiger partial charge in [-0.1, -0.05) is 0 Å². The monoisotopic (exact) mass is 197 g/mol. The predicted molar refractivity (Wildman–Crippen MR) is 50.0 cm³/mol. The topological polar surface area (TPSA) is 92.8 Å². The highest BCUT2D eigenvalue weighted by molar-refractivity contribution is 5.76. The summed E-state index contributed by atoms with van der Waals surface area (Å²) in [5, 5.41) is 17.8. The van der Waals surface area contributed by atoms with Gasteiger partial charge < -0.3 is 20.7 Å². The molecule has 1 unspecified atom stereocenters. The standard InChI is InChI=1S/C9H11NO4/c1-14-5-2-3-7(10)6(4-5)8(11)9(12)13/h2-4,8,11H,10H2,1H3,(H,12,13). The Bertz CT molecular complexity index is 351. The van der Waals surface area contributed by atoms with Gasteiger partial charge in [-0.2, -0.15) is 0 Å². The van der Waals surface area contributed by atoms with Crippen molar-refractivity contribution >= 4 is 11.7 Å². The van der Waals surface area contributed by atoms with Crippen LogP contribution in [0.4, 0.5) is 5.69 Å². The number of hydrogen-bond acceptors (Lipinski definition) is 4. The van der Waals surface area contributed by atoms with E-state index in [9.17, 15) is 9.90 Å². The normalized spacial score (nSPS) is 12.1. The summed E-state index contributed by atoms with van der Waals surface area (Å²) in [6.07, 6.45) is -1.62. The van der Waals surface area contributed by atoms with Crippen LogP contribution in [0, 0.1) is 0 Å². The summed E-state index contributed by atoms with van der Waals surface area (Å²) in [5.41, 5.74) is 5.86. The van der Waals surface area contributed by atoms with Crippen molar-refractivity contribution < 1.29 is 19.7 Å². The average molecular weight is 197 g/mol. The first-order valence-electron chi connectivity index (χ1n) is 3.90. The average Bonchev–Trinajstić information content (AvgIpc) is 2.17. The van der Waals surface area contributed by atoms with Gasteiger partial charge in [0.15, 0.2) is 6.10 Å². The Hall–Kier alpha value is -1.75. The summed E-state index contributed by atoms with van der Waals surface area (Å²) in [7, 11) is 1.45.